The summed E-state index contributed by atoms with van der Waals surface area (Å²) in [5, 5.41) is 0. The number of hydrogen-bond acceptors (Lipinski definition) is 5. The maximum Gasteiger partial charge on any atom is 0.289 e. The van der Waals surface area contributed by atoms with E-state index in [0.29, 0.717) is 5.76 Å². The van der Waals surface area contributed by atoms with Gasteiger partial charge in [-0.15, -0.1) is 11.8 Å². The Labute approximate surface area is 151 Å². The van der Waals surface area contributed by atoms with Crippen molar-refractivity contribution in [2.24, 2.45) is 0 Å². The molecule has 1 spiro atoms. The van der Waals surface area contributed by atoms with Gasteiger partial charge in [0, 0.05) is 37.5 Å². The van der Waals surface area contributed by atoms with E-state index in [-0.39, 0.29) is 29.3 Å². The number of likely N-dealkylation sites (tertiary alicyclic amines) is 2. The Morgan fingerprint density at radius 2 is 2.08 bits per heavy atom. The van der Waals surface area contributed by atoms with E-state index in [9.17, 15) is 9.59 Å². The smallest absolute Gasteiger partial charge is 0.289 e. The highest BCUT2D eigenvalue weighted by atomic mass is 32.2. The van der Waals surface area contributed by atoms with Gasteiger partial charge < -0.3 is 19.0 Å². The molecule has 4 heterocycles. The summed E-state index contributed by atoms with van der Waals surface area (Å²) >= 11 is 1.87. The fourth-order valence-corrected chi connectivity index (χ4v) is 5.46. The van der Waals surface area contributed by atoms with E-state index >= 15 is 0 Å². The minimum absolute atomic E-state index is 0.0256. The van der Waals surface area contributed by atoms with Gasteiger partial charge >= 0.3 is 0 Å². The number of amides is 2. The van der Waals surface area contributed by atoms with E-state index < -0.39 is 0 Å². The van der Waals surface area contributed by atoms with Crippen LogP contribution in [0.3, 0.4) is 0 Å². The van der Waals surface area contributed by atoms with E-state index in [2.05, 4.69) is 0 Å². The van der Waals surface area contributed by atoms with Crippen LogP contribution in [-0.2, 0) is 9.53 Å². The molecule has 1 atom stereocenters. The lowest BCUT2D eigenvalue weighted by molar-refractivity contribution is -0.136. The average molecular weight is 364 g/mol. The van der Waals surface area contributed by atoms with Gasteiger partial charge in [-0.2, -0.15) is 0 Å². The zero-order valence-corrected chi connectivity index (χ0v) is 15.3. The summed E-state index contributed by atoms with van der Waals surface area (Å²) in [5.74, 6) is 1.43. The Morgan fingerprint density at radius 3 is 2.76 bits per heavy atom. The van der Waals surface area contributed by atoms with Gasteiger partial charge in [-0.1, -0.05) is 0 Å². The van der Waals surface area contributed by atoms with Crippen LogP contribution < -0.4 is 0 Å². The van der Waals surface area contributed by atoms with Crippen LogP contribution in [0.15, 0.2) is 16.7 Å². The molecule has 0 aromatic carbocycles. The first kappa shape index (κ1) is 17.0. The first-order valence-electron chi connectivity index (χ1n) is 8.93. The monoisotopic (exact) mass is 364 g/mol. The molecule has 0 N–H and O–H groups in total. The van der Waals surface area contributed by atoms with Gasteiger partial charge in [0.05, 0.1) is 17.1 Å². The van der Waals surface area contributed by atoms with Gasteiger partial charge in [-0.05, 0) is 32.3 Å². The van der Waals surface area contributed by atoms with Crippen molar-refractivity contribution in [2.45, 2.75) is 37.0 Å². The molecule has 4 rings (SSSR count). The third-order valence-corrected chi connectivity index (χ3v) is 6.95. The summed E-state index contributed by atoms with van der Waals surface area (Å²) < 4.78 is 11.3. The number of ether oxygens (including phenoxy) is 1. The van der Waals surface area contributed by atoms with Crippen LogP contribution >= 0.6 is 11.8 Å². The van der Waals surface area contributed by atoms with Gasteiger partial charge in [0.2, 0.25) is 5.91 Å². The first-order chi connectivity index (χ1) is 12.1. The Kier molecular flexibility index (Phi) is 4.54. The largest absolute Gasteiger partial charge is 0.459 e. The molecule has 3 fully saturated rings. The zero-order chi connectivity index (χ0) is 17.4. The van der Waals surface area contributed by atoms with Crippen molar-refractivity contribution in [1.82, 2.24) is 9.80 Å². The molecule has 0 saturated carbocycles. The molecule has 0 radical (unpaired) electrons. The van der Waals surface area contributed by atoms with Crippen LogP contribution in [0.4, 0.5) is 0 Å². The Bertz CT molecular complexity index is 662. The molecule has 1 unspecified atom stereocenters. The third kappa shape index (κ3) is 3.31. The van der Waals surface area contributed by atoms with Gasteiger partial charge in [0.15, 0.2) is 5.76 Å². The highest BCUT2D eigenvalue weighted by Gasteiger charge is 2.51. The van der Waals surface area contributed by atoms with Gasteiger partial charge in [-0.25, -0.2) is 0 Å². The Balaban J connectivity index is 1.24. The minimum atomic E-state index is -0.0256. The van der Waals surface area contributed by atoms with E-state index in [1.54, 1.807) is 6.26 Å². The van der Waals surface area contributed by atoms with Crippen LogP contribution in [0.2, 0.25) is 0 Å². The van der Waals surface area contributed by atoms with Crippen molar-refractivity contribution in [1.29, 1.82) is 0 Å². The number of aryl methyl sites for hydroxylation is 1. The lowest BCUT2D eigenvalue weighted by Gasteiger charge is -2.47. The average Bonchev–Trinajstić information content (AvgIpc) is 3.30. The van der Waals surface area contributed by atoms with Gasteiger partial charge in [0.25, 0.3) is 5.91 Å². The number of carbonyl (C=O) groups excluding carboxylic acids is 2. The second kappa shape index (κ2) is 6.68. The summed E-state index contributed by atoms with van der Waals surface area (Å²) in [7, 11) is 0. The Morgan fingerprint density at radius 1 is 1.32 bits per heavy atom. The number of hydrogen-bond donors (Lipinski definition) is 0. The van der Waals surface area contributed by atoms with E-state index in [4.69, 9.17) is 9.15 Å². The van der Waals surface area contributed by atoms with Crippen LogP contribution in [-0.4, -0.2) is 71.0 Å². The molecule has 25 heavy (non-hydrogen) atoms. The second-order valence-electron chi connectivity index (χ2n) is 7.31. The normalized spacial score (nSPS) is 24.8. The zero-order valence-electron chi connectivity index (χ0n) is 14.5. The summed E-state index contributed by atoms with van der Waals surface area (Å²) in [6, 6.07) is 1.81. The molecule has 1 aromatic rings. The molecule has 1 aromatic heterocycles. The number of carbonyl (C=O) groups is 2. The Hall–Kier alpha value is -1.47. The van der Waals surface area contributed by atoms with Crippen molar-refractivity contribution in [3.8, 4) is 0 Å². The predicted octanol–water partition coefficient (Wildman–Crippen LogP) is 1.93. The first-order valence-corrected chi connectivity index (χ1v) is 9.92. The standard InChI is InChI=1S/C18H24N2O4S/c1-13-4-7-23-16(13)17(22)20-11-18(12-20)8-14(10-25-18)24-9-15(21)19-5-2-3-6-19/h4,7,14H,2-3,5-6,8-12H2,1H3. The number of rotatable bonds is 4. The minimum Gasteiger partial charge on any atom is -0.459 e. The molecular weight excluding hydrogens is 340 g/mol. The summed E-state index contributed by atoms with van der Waals surface area (Å²) in [5.41, 5.74) is 0.881. The van der Waals surface area contributed by atoms with Crippen LogP contribution in [0.5, 0.6) is 0 Å². The van der Waals surface area contributed by atoms with Crippen molar-refractivity contribution in [2.75, 3.05) is 38.5 Å². The molecule has 3 aliphatic rings. The maximum atomic E-state index is 12.4. The van der Waals surface area contributed by atoms with Crippen molar-refractivity contribution in [3.63, 3.8) is 0 Å². The highest BCUT2D eigenvalue weighted by Crippen LogP contribution is 2.46. The number of nitrogens with zero attached hydrogens (tertiary/aromatic N) is 2. The third-order valence-electron chi connectivity index (χ3n) is 5.38. The van der Waals surface area contributed by atoms with Crippen LogP contribution in [0.1, 0.15) is 35.4 Å². The number of thioether (sulfide) groups is 1. The highest BCUT2D eigenvalue weighted by molar-refractivity contribution is 8.01. The molecule has 2 amide bonds. The topological polar surface area (TPSA) is 63.0 Å². The fourth-order valence-electron chi connectivity index (χ4n) is 3.91. The fraction of sp³-hybridized carbons (Fsp3) is 0.667. The SMILES string of the molecule is Cc1ccoc1C(=O)N1CC2(CC(OCC(=O)N3CCCC3)CS2)C1. The quantitative estimate of drug-likeness (QED) is 0.817. The van der Waals surface area contributed by atoms with Crippen LogP contribution in [0, 0.1) is 6.92 Å². The molecule has 0 bridgehead atoms. The molecule has 0 aliphatic carbocycles. The molecule has 3 saturated heterocycles. The molecule has 6 nitrogen and oxygen atoms in total. The lowest BCUT2D eigenvalue weighted by atomic mass is 9.92. The van der Waals surface area contributed by atoms with E-state index in [1.807, 2.05) is 34.6 Å². The predicted molar refractivity (Wildman–Crippen MR) is 94.7 cm³/mol. The summed E-state index contributed by atoms with van der Waals surface area (Å²) in [6.45, 7) is 5.28. The molecular formula is C18H24N2O4S. The van der Waals surface area contributed by atoms with Crippen molar-refractivity contribution >= 4 is 23.6 Å². The number of furan rings is 1. The lowest BCUT2D eigenvalue weighted by Crippen LogP contribution is -2.60. The van der Waals surface area contributed by atoms with Gasteiger partial charge in [0.1, 0.15) is 6.61 Å². The van der Waals surface area contributed by atoms with Gasteiger partial charge in [-0.3, -0.25) is 9.59 Å². The van der Waals surface area contributed by atoms with Crippen molar-refractivity contribution < 1.29 is 18.7 Å². The molecule has 136 valence electrons. The summed E-state index contributed by atoms with van der Waals surface area (Å²) in [6.07, 6.45) is 4.79. The van der Waals surface area contributed by atoms with E-state index in [0.717, 1.165) is 56.8 Å². The summed E-state index contributed by atoms with van der Waals surface area (Å²) in [4.78, 5) is 28.3. The van der Waals surface area contributed by atoms with E-state index in [1.165, 1.54) is 0 Å². The maximum absolute atomic E-state index is 12.4. The molecule has 3 aliphatic heterocycles. The molecule has 7 heteroatoms. The van der Waals surface area contributed by atoms with Crippen LogP contribution in [0.25, 0.3) is 0 Å². The second-order valence-corrected chi connectivity index (χ2v) is 8.80. The van der Waals surface area contributed by atoms with Crippen molar-refractivity contribution in [3.05, 3.63) is 23.7 Å².